The van der Waals surface area contributed by atoms with Crippen molar-refractivity contribution in [2.45, 2.75) is 12.8 Å². The average Bonchev–Trinajstić information content (AvgIpc) is 2.38. The third-order valence-corrected chi connectivity index (χ3v) is 3.54. The summed E-state index contributed by atoms with van der Waals surface area (Å²) in [4.78, 5) is 13.2. The maximum absolute atomic E-state index is 10.9. The summed E-state index contributed by atoms with van der Waals surface area (Å²) in [6.45, 7) is 3.24. The predicted molar refractivity (Wildman–Crippen MR) is 72.1 cm³/mol. The summed E-state index contributed by atoms with van der Waals surface area (Å²) < 4.78 is 0. The summed E-state index contributed by atoms with van der Waals surface area (Å²) in [7, 11) is 2.15. The van der Waals surface area contributed by atoms with E-state index < -0.39 is 5.97 Å². The van der Waals surface area contributed by atoms with Crippen molar-refractivity contribution in [1.29, 1.82) is 0 Å². The van der Waals surface area contributed by atoms with Gasteiger partial charge < -0.3 is 15.3 Å². The largest absolute Gasteiger partial charge is 0.478 e. The average molecular weight is 248 g/mol. The molecule has 98 valence electrons. The third kappa shape index (κ3) is 3.47. The van der Waals surface area contributed by atoms with Gasteiger partial charge in [0.15, 0.2) is 0 Å². The van der Waals surface area contributed by atoms with Crippen LogP contribution in [0, 0.1) is 5.92 Å². The van der Waals surface area contributed by atoms with Crippen molar-refractivity contribution in [3.63, 3.8) is 0 Å². The van der Waals surface area contributed by atoms with Crippen LogP contribution in [0.3, 0.4) is 0 Å². The quantitative estimate of drug-likeness (QED) is 0.857. The lowest BCUT2D eigenvalue weighted by Gasteiger charge is -2.29. The summed E-state index contributed by atoms with van der Waals surface area (Å²) in [6.07, 6.45) is 2.42. The van der Waals surface area contributed by atoms with Crippen LogP contribution in [0.1, 0.15) is 23.2 Å². The van der Waals surface area contributed by atoms with Crippen LogP contribution >= 0.6 is 0 Å². The highest BCUT2D eigenvalue weighted by Crippen LogP contribution is 2.17. The number of nitrogens with one attached hydrogen (secondary N) is 1. The van der Waals surface area contributed by atoms with Crippen LogP contribution in [0.2, 0.25) is 0 Å². The Hall–Kier alpha value is -1.55. The summed E-state index contributed by atoms with van der Waals surface area (Å²) in [6, 6.07) is 7.00. The van der Waals surface area contributed by atoms with E-state index in [4.69, 9.17) is 5.11 Å². The maximum atomic E-state index is 10.9. The Balaban J connectivity index is 1.86. The highest BCUT2D eigenvalue weighted by atomic mass is 16.4. The van der Waals surface area contributed by atoms with E-state index in [1.165, 1.54) is 12.8 Å². The number of carbonyl (C=O) groups is 1. The van der Waals surface area contributed by atoms with E-state index in [1.54, 1.807) is 18.2 Å². The second-order valence-corrected chi connectivity index (χ2v) is 5.01. The van der Waals surface area contributed by atoms with Gasteiger partial charge in [-0.1, -0.05) is 6.07 Å². The van der Waals surface area contributed by atoms with Crippen LogP contribution in [-0.4, -0.2) is 42.7 Å². The van der Waals surface area contributed by atoms with Gasteiger partial charge in [-0.15, -0.1) is 0 Å². The second kappa shape index (κ2) is 5.87. The van der Waals surface area contributed by atoms with E-state index in [1.807, 2.05) is 6.07 Å². The number of benzene rings is 1. The fraction of sp³-hybridized carbons (Fsp3) is 0.500. The molecule has 4 nitrogen and oxygen atoms in total. The maximum Gasteiger partial charge on any atom is 0.335 e. The number of aromatic carboxylic acids is 1. The van der Waals surface area contributed by atoms with Crippen LogP contribution < -0.4 is 5.32 Å². The van der Waals surface area contributed by atoms with Gasteiger partial charge in [-0.2, -0.15) is 0 Å². The first-order valence-corrected chi connectivity index (χ1v) is 6.41. The summed E-state index contributed by atoms with van der Waals surface area (Å²) in [5, 5.41) is 12.3. The molecule has 4 heteroatoms. The van der Waals surface area contributed by atoms with Gasteiger partial charge in [0.25, 0.3) is 0 Å². The standard InChI is InChI=1S/C14H20N2O2/c1-16-7-5-11(6-8-16)10-15-13-4-2-3-12(9-13)14(17)18/h2-4,9,11,15H,5-8,10H2,1H3,(H,17,18). The van der Waals surface area contributed by atoms with Crippen LogP contribution in [0.4, 0.5) is 5.69 Å². The SMILES string of the molecule is CN1CCC(CNc2cccc(C(=O)O)c2)CC1. The van der Waals surface area contributed by atoms with Gasteiger partial charge in [0.05, 0.1) is 5.56 Å². The van der Waals surface area contributed by atoms with Crippen LogP contribution in [0.5, 0.6) is 0 Å². The number of rotatable bonds is 4. The number of carboxylic acid groups (broad SMARTS) is 1. The zero-order chi connectivity index (χ0) is 13.0. The molecular weight excluding hydrogens is 228 g/mol. The zero-order valence-electron chi connectivity index (χ0n) is 10.7. The molecule has 0 radical (unpaired) electrons. The summed E-state index contributed by atoms with van der Waals surface area (Å²) in [5.41, 5.74) is 1.23. The number of carboxylic acids is 1. The Bertz CT molecular complexity index is 412. The van der Waals surface area contributed by atoms with Gasteiger partial charge >= 0.3 is 5.97 Å². The Morgan fingerprint density at radius 2 is 2.17 bits per heavy atom. The van der Waals surface area contributed by atoms with Gasteiger partial charge in [-0.05, 0) is 57.1 Å². The van der Waals surface area contributed by atoms with E-state index in [9.17, 15) is 4.79 Å². The van der Waals surface area contributed by atoms with Gasteiger partial charge in [-0.25, -0.2) is 4.79 Å². The number of likely N-dealkylation sites (tertiary alicyclic amines) is 1. The van der Waals surface area contributed by atoms with Gasteiger partial charge in [-0.3, -0.25) is 0 Å². The topological polar surface area (TPSA) is 52.6 Å². The zero-order valence-corrected chi connectivity index (χ0v) is 10.7. The molecule has 2 N–H and O–H groups in total. The number of anilines is 1. The second-order valence-electron chi connectivity index (χ2n) is 5.01. The Morgan fingerprint density at radius 1 is 1.44 bits per heavy atom. The lowest BCUT2D eigenvalue weighted by molar-refractivity contribution is 0.0697. The number of piperidine rings is 1. The Labute approximate surface area is 108 Å². The molecule has 1 saturated heterocycles. The molecule has 0 aliphatic carbocycles. The molecule has 0 atom stereocenters. The first kappa shape index (κ1) is 12.9. The molecule has 2 rings (SSSR count). The van der Waals surface area contributed by atoms with E-state index in [0.717, 1.165) is 25.3 Å². The molecule has 0 aromatic heterocycles. The monoisotopic (exact) mass is 248 g/mol. The molecule has 1 aliphatic heterocycles. The lowest BCUT2D eigenvalue weighted by atomic mass is 9.97. The molecule has 1 aromatic rings. The first-order chi connectivity index (χ1) is 8.65. The highest BCUT2D eigenvalue weighted by molar-refractivity contribution is 5.88. The van der Waals surface area contributed by atoms with Crippen molar-refractivity contribution in [3.05, 3.63) is 29.8 Å². The summed E-state index contributed by atoms with van der Waals surface area (Å²) in [5.74, 6) is -0.187. The van der Waals surface area contributed by atoms with Crippen LogP contribution in [0.25, 0.3) is 0 Å². The molecule has 0 spiro atoms. The smallest absolute Gasteiger partial charge is 0.335 e. The molecule has 1 heterocycles. The minimum atomic E-state index is -0.877. The minimum absolute atomic E-state index is 0.336. The van der Waals surface area contributed by atoms with Crippen LogP contribution in [-0.2, 0) is 0 Å². The van der Waals surface area contributed by atoms with Crippen molar-refractivity contribution < 1.29 is 9.90 Å². The van der Waals surface area contributed by atoms with E-state index >= 15 is 0 Å². The molecule has 1 fully saturated rings. The molecular formula is C14H20N2O2. The van der Waals surface area contributed by atoms with E-state index in [0.29, 0.717) is 11.5 Å². The molecule has 0 amide bonds. The fourth-order valence-electron chi connectivity index (χ4n) is 2.29. The first-order valence-electron chi connectivity index (χ1n) is 6.41. The highest BCUT2D eigenvalue weighted by Gasteiger charge is 2.16. The Kier molecular flexibility index (Phi) is 4.20. The fourth-order valence-corrected chi connectivity index (χ4v) is 2.29. The summed E-state index contributed by atoms with van der Waals surface area (Å²) >= 11 is 0. The molecule has 18 heavy (non-hydrogen) atoms. The third-order valence-electron chi connectivity index (χ3n) is 3.54. The minimum Gasteiger partial charge on any atom is -0.478 e. The van der Waals surface area contributed by atoms with Crippen molar-refractivity contribution in [2.24, 2.45) is 5.92 Å². The van der Waals surface area contributed by atoms with Crippen molar-refractivity contribution in [3.8, 4) is 0 Å². The molecule has 1 aromatic carbocycles. The number of hydrogen-bond acceptors (Lipinski definition) is 3. The Morgan fingerprint density at radius 3 is 2.83 bits per heavy atom. The van der Waals surface area contributed by atoms with Crippen molar-refractivity contribution >= 4 is 11.7 Å². The number of hydrogen-bond donors (Lipinski definition) is 2. The van der Waals surface area contributed by atoms with Gasteiger partial charge in [0, 0.05) is 12.2 Å². The van der Waals surface area contributed by atoms with E-state index in [2.05, 4.69) is 17.3 Å². The predicted octanol–water partition coefficient (Wildman–Crippen LogP) is 2.14. The number of nitrogens with zero attached hydrogens (tertiary/aromatic N) is 1. The van der Waals surface area contributed by atoms with E-state index in [-0.39, 0.29) is 0 Å². The normalized spacial score (nSPS) is 17.6. The lowest BCUT2D eigenvalue weighted by Crippen LogP contribution is -2.32. The molecule has 0 unspecified atom stereocenters. The molecule has 1 aliphatic rings. The van der Waals surface area contributed by atoms with Gasteiger partial charge in [0.2, 0.25) is 0 Å². The van der Waals surface area contributed by atoms with Crippen LogP contribution in [0.15, 0.2) is 24.3 Å². The van der Waals surface area contributed by atoms with Gasteiger partial charge in [0.1, 0.15) is 0 Å². The molecule has 0 saturated carbocycles. The van der Waals surface area contributed by atoms with Crippen molar-refractivity contribution in [1.82, 2.24) is 4.90 Å². The molecule has 0 bridgehead atoms. The van der Waals surface area contributed by atoms with Crippen molar-refractivity contribution in [2.75, 3.05) is 32.0 Å².